The summed E-state index contributed by atoms with van der Waals surface area (Å²) in [6.45, 7) is 1.39. The third-order valence-corrected chi connectivity index (χ3v) is 6.12. The van der Waals surface area contributed by atoms with Crippen LogP contribution in [0.2, 0.25) is 0 Å². The van der Waals surface area contributed by atoms with E-state index in [1.165, 1.54) is 51.4 Å². The van der Waals surface area contributed by atoms with Gasteiger partial charge in [0, 0.05) is 13.1 Å². The van der Waals surface area contributed by atoms with Gasteiger partial charge in [-0.2, -0.15) is 0 Å². The fourth-order valence-corrected chi connectivity index (χ4v) is 4.08. The zero-order chi connectivity index (χ0) is 23.0. The van der Waals surface area contributed by atoms with Gasteiger partial charge < -0.3 is 19.5 Å². The number of unbranched alkanes of at least 4 members (excludes halogenated alkanes) is 11. The van der Waals surface area contributed by atoms with Crippen molar-refractivity contribution in [1.29, 1.82) is 0 Å². The van der Waals surface area contributed by atoms with Crippen LogP contribution in [0.4, 0.5) is 0 Å². The number of carbonyl (C=O) groups excluding carboxylic acids is 2. The first kappa shape index (κ1) is 26.7. The molecular weight excluding hydrogens is 540 g/mol. The minimum absolute atomic E-state index is 0.150. The molecule has 2 aromatic heterocycles. The van der Waals surface area contributed by atoms with Crippen LogP contribution in [0.5, 0.6) is 0 Å². The third-order valence-electron chi connectivity index (χ3n) is 5.27. The van der Waals surface area contributed by atoms with Gasteiger partial charge in [0.15, 0.2) is 20.9 Å². The number of carbonyl (C=O) groups is 2. The van der Waals surface area contributed by atoms with Crippen LogP contribution in [0.15, 0.2) is 42.4 Å². The maximum Gasteiger partial charge on any atom is 0.287 e. The molecule has 0 aliphatic heterocycles. The summed E-state index contributed by atoms with van der Waals surface area (Å²) in [5.41, 5.74) is 0. The van der Waals surface area contributed by atoms with Crippen LogP contribution >= 0.6 is 31.9 Å². The quantitative estimate of drug-likeness (QED) is 0.195. The van der Waals surface area contributed by atoms with Gasteiger partial charge in [-0.05, 0) is 69.0 Å². The standard InChI is InChI=1S/C24H34Br2N2O4/c25-21-15-13-19(31-21)23(29)27-17-11-9-7-5-3-1-2-4-6-8-10-12-18-28-24(30)20-14-16-22(26)32-20/h13-16H,1-12,17-18H2,(H,27,29)(H,28,30). The summed E-state index contributed by atoms with van der Waals surface area (Å²) in [6, 6.07) is 6.78. The highest BCUT2D eigenvalue weighted by Gasteiger charge is 2.09. The molecule has 6 nitrogen and oxygen atoms in total. The molecule has 0 aliphatic carbocycles. The molecule has 0 aromatic carbocycles. The third kappa shape index (κ3) is 11.4. The SMILES string of the molecule is O=C(NCCCCCCCCCCCCCCNC(=O)c1ccc(Br)o1)c1ccc(Br)o1. The number of hydrogen-bond acceptors (Lipinski definition) is 4. The minimum atomic E-state index is -0.150. The Balaban J connectivity index is 1.28. The zero-order valence-corrected chi connectivity index (χ0v) is 21.8. The number of nitrogens with one attached hydrogen (secondary N) is 2. The molecule has 0 saturated heterocycles. The van der Waals surface area contributed by atoms with E-state index in [0.29, 0.717) is 33.9 Å². The van der Waals surface area contributed by atoms with E-state index in [1.807, 2.05) is 0 Å². The summed E-state index contributed by atoms with van der Waals surface area (Å²) < 4.78 is 11.6. The largest absolute Gasteiger partial charge is 0.444 e. The summed E-state index contributed by atoms with van der Waals surface area (Å²) in [4.78, 5) is 23.7. The molecule has 0 saturated carbocycles. The van der Waals surface area contributed by atoms with Crippen molar-refractivity contribution >= 4 is 43.7 Å². The van der Waals surface area contributed by atoms with Crippen molar-refractivity contribution in [1.82, 2.24) is 10.6 Å². The Bertz CT molecular complexity index is 737. The van der Waals surface area contributed by atoms with Crippen LogP contribution in [0.1, 0.15) is 98.2 Å². The molecule has 0 atom stereocenters. The molecule has 2 N–H and O–H groups in total. The summed E-state index contributed by atoms with van der Waals surface area (Å²) in [6.07, 6.45) is 14.5. The van der Waals surface area contributed by atoms with Crippen molar-refractivity contribution < 1.29 is 18.4 Å². The second-order valence-electron chi connectivity index (χ2n) is 7.96. The van der Waals surface area contributed by atoms with E-state index < -0.39 is 0 Å². The molecule has 0 unspecified atom stereocenters. The second-order valence-corrected chi connectivity index (χ2v) is 9.53. The fourth-order valence-electron chi connectivity index (χ4n) is 3.47. The zero-order valence-electron chi connectivity index (χ0n) is 18.6. The lowest BCUT2D eigenvalue weighted by Crippen LogP contribution is -2.23. The van der Waals surface area contributed by atoms with Crippen LogP contribution in [-0.4, -0.2) is 24.9 Å². The monoisotopic (exact) mass is 572 g/mol. The van der Waals surface area contributed by atoms with Gasteiger partial charge in [0.05, 0.1) is 0 Å². The molecular formula is C24H34Br2N2O4. The first-order valence-corrected chi connectivity index (χ1v) is 13.2. The Morgan fingerprint density at radius 1 is 0.562 bits per heavy atom. The first-order chi connectivity index (χ1) is 15.6. The normalized spacial score (nSPS) is 10.9. The number of furan rings is 2. The molecule has 2 amide bonds. The van der Waals surface area contributed by atoms with Crippen molar-refractivity contribution in [2.75, 3.05) is 13.1 Å². The average molecular weight is 574 g/mol. The van der Waals surface area contributed by atoms with Crippen molar-refractivity contribution in [3.63, 3.8) is 0 Å². The molecule has 0 spiro atoms. The predicted octanol–water partition coefficient (Wildman–Crippen LogP) is 7.24. The first-order valence-electron chi connectivity index (χ1n) is 11.6. The summed E-state index contributed by atoms with van der Waals surface area (Å²) >= 11 is 6.40. The Kier molecular flexibility index (Phi) is 13.5. The topological polar surface area (TPSA) is 84.5 Å². The Labute approximate surface area is 207 Å². The smallest absolute Gasteiger partial charge is 0.287 e. The number of amides is 2. The van der Waals surface area contributed by atoms with Crippen LogP contribution in [0.25, 0.3) is 0 Å². The summed E-state index contributed by atoms with van der Waals surface area (Å²) in [5, 5.41) is 5.78. The molecule has 2 heterocycles. The molecule has 32 heavy (non-hydrogen) atoms. The maximum absolute atomic E-state index is 11.8. The predicted molar refractivity (Wildman–Crippen MR) is 133 cm³/mol. The van der Waals surface area contributed by atoms with Gasteiger partial charge in [-0.3, -0.25) is 9.59 Å². The van der Waals surface area contributed by atoms with Gasteiger partial charge >= 0.3 is 0 Å². The van der Waals surface area contributed by atoms with Crippen molar-refractivity contribution in [2.24, 2.45) is 0 Å². The summed E-state index contributed by atoms with van der Waals surface area (Å²) in [5.74, 6) is 0.398. The van der Waals surface area contributed by atoms with Crippen molar-refractivity contribution in [2.45, 2.75) is 77.0 Å². The van der Waals surface area contributed by atoms with E-state index in [1.54, 1.807) is 24.3 Å². The van der Waals surface area contributed by atoms with Gasteiger partial charge in [-0.15, -0.1) is 0 Å². The van der Waals surface area contributed by atoms with Gasteiger partial charge in [-0.1, -0.05) is 64.2 Å². The Hall–Kier alpha value is -1.54. The van der Waals surface area contributed by atoms with Gasteiger partial charge in [0.2, 0.25) is 0 Å². The lowest BCUT2D eigenvalue weighted by molar-refractivity contribution is 0.0916. The number of hydrogen-bond donors (Lipinski definition) is 2. The van der Waals surface area contributed by atoms with Gasteiger partial charge in [0.25, 0.3) is 11.8 Å². The van der Waals surface area contributed by atoms with Gasteiger partial charge in [-0.25, -0.2) is 0 Å². The highest BCUT2D eigenvalue weighted by molar-refractivity contribution is 9.10. The lowest BCUT2D eigenvalue weighted by atomic mass is 10.1. The molecule has 2 aromatic rings. The van der Waals surface area contributed by atoms with Crippen LogP contribution in [-0.2, 0) is 0 Å². The van der Waals surface area contributed by atoms with Crippen LogP contribution in [0.3, 0.4) is 0 Å². The molecule has 0 radical (unpaired) electrons. The molecule has 0 bridgehead atoms. The van der Waals surface area contributed by atoms with E-state index in [4.69, 9.17) is 8.83 Å². The molecule has 178 valence electrons. The maximum atomic E-state index is 11.8. The van der Waals surface area contributed by atoms with E-state index in [-0.39, 0.29) is 11.8 Å². The number of rotatable bonds is 17. The highest BCUT2D eigenvalue weighted by Crippen LogP contribution is 2.15. The molecule has 8 heteroatoms. The lowest BCUT2D eigenvalue weighted by Gasteiger charge is -2.05. The van der Waals surface area contributed by atoms with E-state index >= 15 is 0 Å². The Morgan fingerprint density at radius 2 is 0.875 bits per heavy atom. The summed E-state index contributed by atoms with van der Waals surface area (Å²) in [7, 11) is 0. The number of halogens is 2. The van der Waals surface area contributed by atoms with E-state index in [9.17, 15) is 9.59 Å². The highest BCUT2D eigenvalue weighted by atomic mass is 79.9. The van der Waals surface area contributed by atoms with Crippen molar-refractivity contribution in [3.05, 3.63) is 45.1 Å². The average Bonchev–Trinajstić information content (AvgIpc) is 3.41. The second kappa shape index (κ2) is 16.1. The van der Waals surface area contributed by atoms with Crippen LogP contribution in [0, 0.1) is 0 Å². The molecule has 0 aliphatic rings. The fraction of sp³-hybridized carbons (Fsp3) is 0.583. The minimum Gasteiger partial charge on any atom is -0.444 e. The van der Waals surface area contributed by atoms with Crippen LogP contribution < -0.4 is 10.6 Å². The van der Waals surface area contributed by atoms with Crippen molar-refractivity contribution in [3.8, 4) is 0 Å². The Morgan fingerprint density at radius 3 is 1.16 bits per heavy atom. The van der Waals surface area contributed by atoms with E-state index in [2.05, 4.69) is 42.5 Å². The molecule has 0 fully saturated rings. The van der Waals surface area contributed by atoms with E-state index in [0.717, 1.165) is 25.7 Å². The van der Waals surface area contributed by atoms with Gasteiger partial charge in [0.1, 0.15) is 0 Å². The molecule has 2 rings (SSSR count).